The highest BCUT2D eigenvalue weighted by Crippen LogP contribution is 2.29. The molecule has 1 aliphatic carbocycles. The van der Waals surface area contributed by atoms with Crippen LogP contribution in [-0.4, -0.2) is 40.6 Å². The van der Waals surface area contributed by atoms with Crippen molar-refractivity contribution in [3.63, 3.8) is 0 Å². The number of hydrogen-bond donors (Lipinski definition) is 3. The van der Waals surface area contributed by atoms with Gasteiger partial charge >= 0.3 is 0 Å². The smallest absolute Gasteiger partial charge is 0.240 e. The molecule has 162 valence electrons. The molecule has 0 bridgehead atoms. The third kappa shape index (κ3) is 4.73. The quantitative estimate of drug-likeness (QED) is 0.557. The number of anilines is 1. The summed E-state index contributed by atoms with van der Waals surface area (Å²) >= 11 is 0. The Labute approximate surface area is 181 Å². The minimum Gasteiger partial charge on any atom is -0.393 e. The molecule has 0 aliphatic heterocycles. The van der Waals surface area contributed by atoms with Crippen LogP contribution in [0.25, 0.3) is 22.5 Å². The van der Waals surface area contributed by atoms with Crippen LogP contribution < -0.4 is 10.5 Å². The van der Waals surface area contributed by atoms with E-state index in [-0.39, 0.29) is 22.9 Å². The second-order valence-corrected chi connectivity index (χ2v) is 9.54. The number of aliphatic hydroxyl groups excluding tert-OH is 1. The molecule has 2 aromatic heterocycles. The maximum atomic E-state index is 13.0. The van der Waals surface area contributed by atoms with Crippen molar-refractivity contribution in [2.75, 3.05) is 5.73 Å². The fourth-order valence-corrected chi connectivity index (χ4v) is 5.11. The number of sulfonamides is 1. The molecule has 1 aliphatic rings. The first kappa shape index (κ1) is 21.4. The normalized spacial score (nSPS) is 19.3. The van der Waals surface area contributed by atoms with Crippen molar-refractivity contribution in [1.29, 1.82) is 0 Å². The Bertz CT molecular complexity index is 1180. The largest absolute Gasteiger partial charge is 0.393 e. The number of benzene rings is 1. The van der Waals surface area contributed by atoms with Gasteiger partial charge in [0, 0.05) is 29.6 Å². The summed E-state index contributed by atoms with van der Waals surface area (Å²) < 4.78 is 28.7. The van der Waals surface area contributed by atoms with Crippen LogP contribution in [0.15, 0.2) is 53.8 Å². The lowest BCUT2D eigenvalue weighted by Crippen LogP contribution is -2.38. The van der Waals surface area contributed by atoms with E-state index in [1.54, 1.807) is 48.9 Å². The molecule has 3 aromatic rings. The molecule has 0 radical (unpaired) electrons. The molecule has 1 fully saturated rings. The van der Waals surface area contributed by atoms with Gasteiger partial charge in [0.25, 0.3) is 0 Å². The molecule has 2 heterocycles. The van der Waals surface area contributed by atoms with Crippen LogP contribution in [0.1, 0.15) is 31.2 Å². The number of nitrogen functional groups attached to an aromatic ring is 1. The predicted octanol–water partition coefficient (Wildman–Crippen LogP) is 2.68. The fourth-order valence-electron chi connectivity index (χ4n) is 3.78. The van der Waals surface area contributed by atoms with Crippen LogP contribution in [0, 0.1) is 6.92 Å². The molecule has 31 heavy (non-hydrogen) atoms. The number of nitrogens with one attached hydrogen (secondary N) is 1. The number of aliphatic hydroxyl groups is 1. The fraction of sp³-hybridized carbons (Fsp3) is 0.318. The van der Waals surface area contributed by atoms with Gasteiger partial charge in [-0.25, -0.2) is 23.1 Å². The monoisotopic (exact) mass is 439 g/mol. The van der Waals surface area contributed by atoms with Crippen molar-refractivity contribution in [2.45, 2.75) is 49.6 Å². The van der Waals surface area contributed by atoms with E-state index in [4.69, 9.17) is 5.73 Å². The van der Waals surface area contributed by atoms with E-state index in [0.29, 0.717) is 42.6 Å². The Hall–Kier alpha value is -2.88. The number of nitrogens with zero attached hydrogens (tertiary/aromatic N) is 3. The summed E-state index contributed by atoms with van der Waals surface area (Å²) in [5, 5.41) is 9.66. The van der Waals surface area contributed by atoms with Crippen LogP contribution in [0.2, 0.25) is 0 Å². The summed E-state index contributed by atoms with van der Waals surface area (Å²) in [7, 11) is -3.71. The summed E-state index contributed by atoms with van der Waals surface area (Å²) in [4.78, 5) is 13.1. The van der Waals surface area contributed by atoms with Gasteiger partial charge in [-0.1, -0.05) is 6.07 Å². The van der Waals surface area contributed by atoms with E-state index < -0.39 is 10.0 Å². The average Bonchev–Trinajstić information content (AvgIpc) is 2.76. The first-order chi connectivity index (χ1) is 14.8. The Morgan fingerprint density at radius 2 is 1.81 bits per heavy atom. The van der Waals surface area contributed by atoms with Gasteiger partial charge in [0.1, 0.15) is 11.5 Å². The maximum Gasteiger partial charge on any atom is 0.240 e. The minimum atomic E-state index is -3.71. The first-order valence-electron chi connectivity index (χ1n) is 10.2. The van der Waals surface area contributed by atoms with Gasteiger partial charge in [-0.05, 0) is 62.4 Å². The summed E-state index contributed by atoms with van der Waals surface area (Å²) in [6.45, 7) is 1.89. The number of aromatic nitrogens is 3. The zero-order chi connectivity index (χ0) is 22.0. The van der Waals surface area contributed by atoms with Gasteiger partial charge in [0.2, 0.25) is 10.0 Å². The van der Waals surface area contributed by atoms with Gasteiger partial charge in [-0.2, -0.15) is 0 Å². The van der Waals surface area contributed by atoms with Crippen molar-refractivity contribution in [2.24, 2.45) is 0 Å². The molecule has 4 N–H and O–H groups in total. The number of nitrogens with two attached hydrogens (primary N) is 1. The van der Waals surface area contributed by atoms with Crippen LogP contribution in [0.5, 0.6) is 0 Å². The lowest BCUT2D eigenvalue weighted by Gasteiger charge is -2.26. The molecule has 8 nitrogen and oxygen atoms in total. The van der Waals surface area contributed by atoms with E-state index in [9.17, 15) is 13.5 Å². The molecule has 0 saturated heterocycles. The summed E-state index contributed by atoms with van der Waals surface area (Å²) in [6, 6.07) is 8.39. The first-order valence-corrected chi connectivity index (χ1v) is 11.7. The molecular weight excluding hydrogens is 414 g/mol. The number of hydrogen-bond acceptors (Lipinski definition) is 7. The average molecular weight is 440 g/mol. The van der Waals surface area contributed by atoms with Gasteiger partial charge in [0.05, 0.1) is 22.9 Å². The number of aryl methyl sites for hydroxylation is 1. The van der Waals surface area contributed by atoms with E-state index in [1.807, 2.05) is 6.92 Å². The standard InChI is InChI=1S/C22H25N5O3S/c1-14-2-7-18(31(29,30)27-16-3-5-17(28)6-4-16)12-19(14)20-13-25-22(23)21(26-20)15-8-10-24-11-9-15/h2,7-13,16-17,27-28H,3-6H2,1H3,(H2,23,25). The van der Waals surface area contributed by atoms with Crippen molar-refractivity contribution >= 4 is 15.8 Å². The van der Waals surface area contributed by atoms with Gasteiger partial charge < -0.3 is 10.8 Å². The Kier molecular flexibility index (Phi) is 5.99. The van der Waals surface area contributed by atoms with Crippen molar-refractivity contribution in [3.05, 3.63) is 54.5 Å². The number of rotatable bonds is 5. The molecule has 0 atom stereocenters. The molecule has 1 saturated carbocycles. The summed E-state index contributed by atoms with van der Waals surface area (Å²) in [5.41, 5.74) is 9.42. The zero-order valence-corrected chi connectivity index (χ0v) is 18.0. The van der Waals surface area contributed by atoms with Gasteiger partial charge in [-0.3, -0.25) is 4.98 Å². The van der Waals surface area contributed by atoms with E-state index in [0.717, 1.165) is 11.1 Å². The molecular formula is C22H25N5O3S. The highest BCUT2D eigenvalue weighted by molar-refractivity contribution is 7.89. The van der Waals surface area contributed by atoms with E-state index >= 15 is 0 Å². The minimum absolute atomic E-state index is 0.170. The second-order valence-electron chi connectivity index (χ2n) is 7.83. The van der Waals surface area contributed by atoms with Crippen molar-refractivity contribution in [1.82, 2.24) is 19.7 Å². The van der Waals surface area contributed by atoms with Gasteiger partial charge in [0.15, 0.2) is 0 Å². The summed E-state index contributed by atoms with van der Waals surface area (Å²) in [6.07, 6.45) is 6.96. The predicted molar refractivity (Wildman–Crippen MR) is 118 cm³/mol. The highest BCUT2D eigenvalue weighted by atomic mass is 32.2. The highest BCUT2D eigenvalue weighted by Gasteiger charge is 2.25. The lowest BCUT2D eigenvalue weighted by atomic mass is 9.94. The van der Waals surface area contributed by atoms with Crippen LogP contribution in [-0.2, 0) is 10.0 Å². The third-order valence-electron chi connectivity index (χ3n) is 5.57. The van der Waals surface area contributed by atoms with Crippen molar-refractivity contribution < 1.29 is 13.5 Å². The molecule has 1 aromatic carbocycles. The Morgan fingerprint density at radius 3 is 2.52 bits per heavy atom. The zero-order valence-electron chi connectivity index (χ0n) is 17.2. The topological polar surface area (TPSA) is 131 Å². The third-order valence-corrected chi connectivity index (χ3v) is 7.09. The van der Waals surface area contributed by atoms with Crippen LogP contribution in [0.3, 0.4) is 0 Å². The molecule has 0 amide bonds. The maximum absolute atomic E-state index is 13.0. The molecule has 0 spiro atoms. The second kappa shape index (κ2) is 8.70. The molecule has 0 unspecified atom stereocenters. The lowest BCUT2D eigenvalue weighted by molar-refractivity contribution is 0.120. The number of pyridine rings is 1. The molecule has 4 rings (SSSR count). The Balaban J connectivity index is 1.67. The van der Waals surface area contributed by atoms with Crippen molar-refractivity contribution in [3.8, 4) is 22.5 Å². The van der Waals surface area contributed by atoms with Crippen LogP contribution >= 0.6 is 0 Å². The molecule has 9 heteroatoms. The SMILES string of the molecule is Cc1ccc(S(=O)(=O)NC2CCC(O)CC2)cc1-c1cnc(N)c(-c2ccncc2)n1. The van der Waals surface area contributed by atoms with E-state index in [2.05, 4.69) is 19.7 Å². The van der Waals surface area contributed by atoms with Crippen LogP contribution in [0.4, 0.5) is 5.82 Å². The van der Waals surface area contributed by atoms with Gasteiger partial charge in [-0.15, -0.1) is 0 Å². The summed E-state index contributed by atoms with van der Waals surface area (Å²) in [5.74, 6) is 0.289. The van der Waals surface area contributed by atoms with E-state index in [1.165, 1.54) is 0 Å². The Morgan fingerprint density at radius 1 is 1.10 bits per heavy atom.